The summed E-state index contributed by atoms with van der Waals surface area (Å²) in [6, 6.07) is 4.07. The van der Waals surface area contributed by atoms with Crippen LogP contribution >= 0.6 is 0 Å². The molecule has 3 nitrogen and oxygen atoms in total. The topological polar surface area (TPSA) is 45.1 Å². The Morgan fingerprint density at radius 2 is 2.25 bits per heavy atom. The highest BCUT2D eigenvalue weighted by Gasteiger charge is 2.23. The number of aromatic hydroxyl groups is 1. The molecule has 3 heteroatoms. The van der Waals surface area contributed by atoms with Gasteiger partial charge in [0, 0.05) is 18.3 Å². The Labute approximate surface area is 96.9 Å². The van der Waals surface area contributed by atoms with Crippen molar-refractivity contribution in [2.45, 2.75) is 45.7 Å². The van der Waals surface area contributed by atoms with E-state index in [0.717, 1.165) is 17.3 Å². The van der Waals surface area contributed by atoms with Crippen LogP contribution in [-0.2, 0) is 6.54 Å². The highest BCUT2D eigenvalue weighted by atomic mass is 16.3. The van der Waals surface area contributed by atoms with Crippen LogP contribution < -0.4 is 5.32 Å². The van der Waals surface area contributed by atoms with E-state index in [1.807, 2.05) is 13.0 Å². The third-order valence-electron chi connectivity index (χ3n) is 3.54. The first kappa shape index (κ1) is 11.4. The largest absolute Gasteiger partial charge is 0.506 e. The van der Waals surface area contributed by atoms with Crippen LogP contribution in [0.3, 0.4) is 0 Å². The maximum absolute atomic E-state index is 9.66. The molecule has 1 aromatic heterocycles. The van der Waals surface area contributed by atoms with Gasteiger partial charge in [0.05, 0.1) is 5.69 Å². The van der Waals surface area contributed by atoms with Gasteiger partial charge in [-0.25, -0.2) is 0 Å². The summed E-state index contributed by atoms with van der Waals surface area (Å²) in [6.07, 6.45) is 4.04. The number of pyridine rings is 1. The van der Waals surface area contributed by atoms with Crippen molar-refractivity contribution in [2.24, 2.45) is 5.92 Å². The molecule has 16 heavy (non-hydrogen) atoms. The van der Waals surface area contributed by atoms with Crippen molar-refractivity contribution in [3.05, 3.63) is 23.5 Å². The van der Waals surface area contributed by atoms with Crippen molar-refractivity contribution < 1.29 is 5.11 Å². The average Bonchev–Trinajstić information content (AvgIpc) is 2.17. The molecule has 1 saturated carbocycles. The van der Waals surface area contributed by atoms with Gasteiger partial charge in [-0.1, -0.05) is 6.42 Å². The zero-order valence-corrected chi connectivity index (χ0v) is 10.0. The second-order valence-electron chi connectivity index (χ2n) is 4.78. The van der Waals surface area contributed by atoms with Gasteiger partial charge < -0.3 is 10.4 Å². The lowest BCUT2D eigenvalue weighted by molar-refractivity contribution is 0.239. The zero-order valence-electron chi connectivity index (χ0n) is 10.0. The molecule has 88 valence electrons. The van der Waals surface area contributed by atoms with Gasteiger partial charge in [-0.15, -0.1) is 0 Å². The van der Waals surface area contributed by atoms with Gasteiger partial charge >= 0.3 is 0 Å². The summed E-state index contributed by atoms with van der Waals surface area (Å²) >= 11 is 0. The molecule has 0 amide bonds. The smallest absolute Gasteiger partial charge is 0.138 e. The summed E-state index contributed by atoms with van der Waals surface area (Å²) in [5.74, 6) is 1.10. The monoisotopic (exact) mass is 220 g/mol. The molecule has 1 fully saturated rings. The van der Waals surface area contributed by atoms with Gasteiger partial charge in [0.1, 0.15) is 5.75 Å². The first-order valence-electron chi connectivity index (χ1n) is 6.05. The lowest BCUT2D eigenvalue weighted by Gasteiger charge is -2.32. The number of nitrogens with zero attached hydrogens (tertiary/aromatic N) is 1. The normalized spacial score (nSPS) is 18.1. The van der Waals surface area contributed by atoms with E-state index in [-0.39, 0.29) is 0 Å². The Balaban J connectivity index is 1.90. The number of rotatable bonds is 4. The van der Waals surface area contributed by atoms with Gasteiger partial charge in [0.15, 0.2) is 0 Å². The minimum Gasteiger partial charge on any atom is -0.506 e. The molecule has 1 aromatic rings. The molecule has 1 heterocycles. The van der Waals surface area contributed by atoms with E-state index in [2.05, 4.69) is 17.2 Å². The fraction of sp³-hybridized carbons (Fsp3) is 0.615. The van der Waals surface area contributed by atoms with Crippen molar-refractivity contribution in [1.29, 1.82) is 0 Å². The predicted molar refractivity (Wildman–Crippen MR) is 64.3 cm³/mol. The molecule has 1 aliphatic carbocycles. The minimum atomic E-state index is 0.291. The van der Waals surface area contributed by atoms with E-state index in [1.54, 1.807) is 6.07 Å². The summed E-state index contributed by atoms with van der Waals surface area (Å²) in [5, 5.41) is 13.1. The number of nitrogens with one attached hydrogen (secondary N) is 1. The van der Waals surface area contributed by atoms with Crippen LogP contribution in [0.5, 0.6) is 5.75 Å². The number of aromatic nitrogens is 1. The van der Waals surface area contributed by atoms with E-state index < -0.39 is 0 Å². The molecule has 0 bridgehead atoms. The molecular weight excluding hydrogens is 200 g/mol. The average molecular weight is 220 g/mol. The van der Waals surface area contributed by atoms with Gasteiger partial charge in [-0.05, 0) is 44.7 Å². The summed E-state index contributed by atoms with van der Waals surface area (Å²) in [5.41, 5.74) is 1.71. The van der Waals surface area contributed by atoms with Gasteiger partial charge in [-0.2, -0.15) is 0 Å². The van der Waals surface area contributed by atoms with Crippen molar-refractivity contribution in [2.75, 3.05) is 0 Å². The maximum atomic E-state index is 9.66. The molecule has 1 aliphatic rings. The summed E-state index contributed by atoms with van der Waals surface area (Å²) in [6.45, 7) is 4.82. The Hall–Kier alpha value is -1.09. The number of aryl methyl sites for hydroxylation is 1. The van der Waals surface area contributed by atoms with E-state index >= 15 is 0 Å². The Kier molecular flexibility index (Phi) is 3.44. The SMILES string of the molecule is Cc1ccc(O)c(CNC(C)C2CCC2)n1. The molecule has 2 N–H and O–H groups in total. The quantitative estimate of drug-likeness (QED) is 0.819. The highest BCUT2D eigenvalue weighted by molar-refractivity contribution is 5.27. The van der Waals surface area contributed by atoms with Crippen LogP contribution in [0.25, 0.3) is 0 Å². The molecule has 0 radical (unpaired) electrons. The fourth-order valence-electron chi connectivity index (χ4n) is 2.10. The first-order valence-corrected chi connectivity index (χ1v) is 6.05. The van der Waals surface area contributed by atoms with E-state index in [9.17, 15) is 5.11 Å². The lowest BCUT2D eigenvalue weighted by atomic mass is 9.80. The Morgan fingerprint density at radius 3 is 2.88 bits per heavy atom. The standard InChI is InChI=1S/C13H20N2O/c1-9-6-7-13(16)12(15-9)8-14-10(2)11-4-3-5-11/h6-7,10-11,14,16H,3-5,8H2,1-2H3. The van der Waals surface area contributed by atoms with Crippen molar-refractivity contribution in [1.82, 2.24) is 10.3 Å². The molecule has 2 rings (SSSR count). The van der Waals surface area contributed by atoms with Crippen LogP contribution in [0.1, 0.15) is 37.6 Å². The summed E-state index contributed by atoms with van der Waals surface area (Å²) in [7, 11) is 0. The van der Waals surface area contributed by atoms with Crippen LogP contribution in [0.4, 0.5) is 0 Å². The fourth-order valence-corrected chi connectivity index (χ4v) is 2.10. The molecule has 1 unspecified atom stereocenters. The van der Waals surface area contributed by atoms with E-state index in [1.165, 1.54) is 19.3 Å². The van der Waals surface area contributed by atoms with Crippen LogP contribution in [0.15, 0.2) is 12.1 Å². The second kappa shape index (κ2) is 4.83. The highest BCUT2D eigenvalue weighted by Crippen LogP contribution is 2.29. The molecule has 0 saturated heterocycles. The number of hydrogen-bond donors (Lipinski definition) is 2. The van der Waals surface area contributed by atoms with Crippen LogP contribution in [-0.4, -0.2) is 16.1 Å². The summed E-state index contributed by atoms with van der Waals surface area (Å²) < 4.78 is 0. The third-order valence-corrected chi connectivity index (χ3v) is 3.54. The lowest BCUT2D eigenvalue weighted by Crippen LogP contribution is -2.36. The van der Waals surface area contributed by atoms with Crippen LogP contribution in [0, 0.1) is 12.8 Å². The minimum absolute atomic E-state index is 0.291. The Bertz CT molecular complexity index is 361. The molecular formula is C13H20N2O. The number of hydrogen-bond acceptors (Lipinski definition) is 3. The molecule has 0 aliphatic heterocycles. The molecule has 0 aromatic carbocycles. The molecule has 0 spiro atoms. The van der Waals surface area contributed by atoms with Crippen molar-refractivity contribution in [3.63, 3.8) is 0 Å². The summed E-state index contributed by atoms with van der Waals surface area (Å²) in [4.78, 5) is 4.34. The van der Waals surface area contributed by atoms with Crippen LogP contribution in [0.2, 0.25) is 0 Å². The van der Waals surface area contributed by atoms with E-state index in [4.69, 9.17) is 0 Å². The van der Waals surface area contributed by atoms with Gasteiger partial charge in [0.2, 0.25) is 0 Å². The van der Waals surface area contributed by atoms with Gasteiger partial charge in [-0.3, -0.25) is 4.98 Å². The van der Waals surface area contributed by atoms with Crippen molar-refractivity contribution >= 4 is 0 Å². The predicted octanol–water partition coefficient (Wildman–Crippen LogP) is 2.37. The zero-order chi connectivity index (χ0) is 11.5. The molecule has 1 atom stereocenters. The van der Waals surface area contributed by atoms with Gasteiger partial charge in [0.25, 0.3) is 0 Å². The Morgan fingerprint density at radius 1 is 1.50 bits per heavy atom. The first-order chi connectivity index (χ1) is 7.66. The third kappa shape index (κ3) is 2.53. The van der Waals surface area contributed by atoms with E-state index in [0.29, 0.717) is 18.3 Å². The second-order valence-corrected chi connectivity index (χ2v) is 4.78. The maximum Gasteiger partial charge on any atom is 0.138 e. The van der Waals surface area contributed by atoms with Crippen molar-refractivity contribution in [3.8, 4) is 5.75 Å².